The highest BCUT2D eigenvalue weighted by Crippen LogP contribution is 2.22. The second kappa shape index (κ2) is 5.03. The molecule has 0 saturated heterocycles. The number of hydrogen-bond acceptors (Lipinski definition) is 4. The minimum atomic E-state index is -4.09. The van der Waals surface area contributed by atoms with Gasteiger partial charge in [-0.25, -0.2) is 8.42 Å². The van der Waals surface area contributed by atoms with Crippen LogP contribution in [0.15, 0.2) is 0 Å². The summed E-state index contributed by atoms with van der Waals surface area (Å²) in [6.07, 6.45) is 0. The van der Waals surface area contributed by atoms with E-state index in [-0.39, 0.29) is 6.04 Å². The third kappa shape index (κ3) is 3.18. The second-order valence-electron chi connectivity index (χ2n) is 4.67. The van der Waals surface area contributed by atoms with Crippen LogP contribution in [-0.4, -0.2) is 41.4 Å². The lowest BCUT2D eigenvalue weighted by Gasteiger charge is -2.24. The Bertz CT molecular complexity index is 410. The molecule has 0 rings (SSSR count). The van der Waals surface area contributed by atoms with Crippen LogP contribution in [0.1, 0.15) is 34.6 Å². The van der Waals surface area contributed by atoms with Gasteiger partial charge in [0.25, 0.3) is 0 Å². The summed E-state index contributed by atoms with van der Waals surface area (Å²) in [6.45, 7) is 6.73. The molecule has 1 atom stereocenters. The zero-order valence-electron chi connectivity index (χ0n) is 10.6. The molecule has 0 fully saturated rings. The molecule has 0 aliphatic rings. The summed E-state index contributed by atoms with van der Waals surface area (Å²) < 4.78 is 22.0. The predicted molar refractivity (Wildman–Crippen MR) is 63.4 cm³/mol. The molecule has 0 bridgehead atoms. The Morgan fingerprint density at radius 1 is 1.18 bits per heavy atom. The van der Waals surface area contributed by atoms with Crippen LogP contribution in [0.2, 0.25) is 0 Å². The number of carboxylic acid groups (broad SMARTS) is 1. The molecule has 17 heavy (non-hydrogen) atoms. The third-order valence-electron chi connectivity index (χ3n) is 2.49. The molecule has 100 valence electrons. The van der Waals surface area contributed by atoms with Crippen LogP contribution in [-0.2, 0) is 19.4 Å². The van der Waals surface area contributed by atoms with Crippen molar-refractivity contribution in [1.82, 2.24) is 5.32 Å². The Labute approximate surface area is 101 Å². The van der Waals surface area contributed by atoms with Crippen molar-refractivity contribution in [2.75, 3.05) is 0 Å². The second-order valence-corrected chi connectivity index (χ2v) is 7.48. The van der Waals surface area contributed by atoms with Gasteiger partial charge in [0.05, 0.1) is 0 Å². The van der Waals surface area contributed by atoms with Gasteiger partial charge in [-0.1, -0.05) is 0 Å². The molecule has 0 aromatic heterocycles. The van der Waals surface area contributed by atoms with E-state index in [0.29, 0.717) is 0 Å². The fraction of sp³-hybridized carbons (Fsp3) is 0.800. The van der Waals surface area contributed by atoms with Crippen LogP contribution in [0.5, 0.6) is 0 Å². The van der Waals surface area contributed by atoms with Crippen molar-refractivity contribution < 1.29 is 23.1 Å². The molecule has 0 saturated carbocycles. The molecular weight excluding hydrogens is 246 g/mol. The quantitative estimate of drug-likeness (QED) is 0.738. The maximum Gasteiger partial charge on any atom is 0.324 e. The van der Waals surface area contributed by atoms with Gasteiger partial charge in [0.15, 0.2) is 14.6 Å². The topological polar surface area (TPSA) is 101 Å². The number of sulfone groups is 1. The summed E-state index contributed by atoms with van der Waals surface area (Å²) >= 11 is 0. The van der Waals surface area contributed by atoms with Gasteiger partial charge in [0.1, 0.15) is 5.25 Å². The standard InChI is InChI=1S/C10H19NO5S/c1-6(2)11-8(12)7(3)17(15,16)10(4,5)9(13)14/h6-7H,1-5H3,(H,11,12)(H,13,14). The van der Waals surface area contributed by atoms with Gasteiger partial charge in [-0.3, -0.25) is 9.59 Å². The average molecular weight is 265 g/mol. The lowest BCUT2D eigenvalue weighted by molar-refractivity contribution is -0.139. The van der Waals surface area contributed by atoms with Crippen molar-refractivity contribution in [2.45, 2.75) is 50.7 Å². The number of rotatable bonds is 5. The number of carbonyl (C=O) groups is 2. The van der Waals surface area contributed by atoms with Gasteiger partial charge < -0.3 is 10.4 Å². The molecule has 1 unspecified atom stereocenters. The third-order valence-corrected chi connectivity index (χ3v) is 5.23. The number of carboxylic acids is 1. The Morgan fingerprint density at radius 3 is 1.88 bits per heavy atom. The number of amides is 1. The molecular formula is C10H19NO5S. The first kappa shape index (κ1) is 15.9. The minimum absolute atomic E-state index is 0.201. The first-order valence-electron chi connectivity index (χ1n) is 5.21. The van der Waals surface area contributed by atoms with Crippen LogP contribution in [0, 0.1) is 0 Å². The zero-order chi connectivity index (χ0) is 14.0. The normalized spacial score (nSPS) is 14.5. The fourth-order valence-corrected chi connectivity index (χ4v) is 2.58. The first-order valence-corrected chi connectivity index (χ1v) is 6.76. The molecule has 0 heterocycles. The SMILES string of the molecule is CC(C)NC(=O)C(C)S(=O)(=O)C(C)(C)C(=O)O. The molecule has 0 aliphatic carbocycles. The van der Waals surface area contributed by atoms with Crippen LogP contribution >= 0.6 is 0 Å². The lowest BCUT2D eigenvalue weighted by atomic mass is 10.2. The largest absolute Gasteiger partial charge is 0.480 e. The van der Waals surface area contributed by atoms with E-state index in [9.17, 15) is 18.0 Å². The van der Waals surface area contributed by atoms with Crippen LogP contribution in [0.3, 0.4) is 0 Å². The smallest absolute Gasteiger partial charge is 0.324 e. The minimum Gasteiger partial charge on any atom is -0.480 e. The summed E-state index contributed by atoms with van der Waals surface area (Å²) in [7, 11) is -4.09. The van der Waals surface area contributed by atoms with Crippen LogP contribution in [0.25, 0.3) is 0 Å². The van der Waals surface area contributed by atoms with E-state index >= 15 is 0 Å². The Balaban J connectivity index is 5.22. The zero-order valence-corrected chi connectivity index (χ0v) is 11.5. The number of carbonyl (C=O) groups excluding carboxylic acids is 1. The molecule has 1 amide bonds. The van der Waals surface area contributed by atoms with Gasteiger partial charge in [0, 0.05) is 6.04 Å². The van der Waals surface area contributed by atoms with E-state index in [1.54, 1.807) is 13.8 Å². The van der Waals surface area contributed by atoms with E-state index in [1.807, 2.05) is 0 Å². The summed E-state index contributed by atoms with van der Waals surface area (Å²) in [4.78, 5) is 22.5. The van der Waals surface area contributed by atoms with E-state index in [4.69, 9.17) is 5.11 Å². The van der Waals surface area contributed by atoms with Crippen molar-refractivity contribution in [1.29, 1.82) is 0 Å². The van der Waals surface area contributed by atoms with E-state index < -0.39 is 31.7 Å². The number of aliphatic carboxylic acids is 1. The number of hydrogen-bond donors (Lipinski definition) is 2. The van der Waals surface area contributed by atoms with Crippen LogP contribution in [0.4, 0.5) is 0 Å². The number of nitrogens with one attached hydrogen (secondary N) is 1. The first-order chi connectivity index (χ1) is 7.44. The molecule has 7 heteroatoms. The summed E-state index contributed by atoms with van der Waals surface area (Å²) in [6, 6.07) is -0.201. The molecule has 0 aromatic carbocycles. The van der Waals surface area contributed by atoms with Crippen molar-refractivity contribution in [3.63, 3.8) is 0 Å². The van der Waals surface area contributed by atoms with Crippen LogP contribution < -0.4 is 5.32 Å². The Morgan fingerprint density at radius 2 is 1.59 bits per heavy atom. The van der Waals surface area contributed by atoms with Crippen molar-refractivity contribution >= 4 is 21.7 Å². The van der Waals surface area contributed by atoms with Gasteiger partial charge in [-0.2, -0.15) is 0 Å². The molecule has 2 N–H and O–H groups in total. The average Bonchev–Trinajstić information content (AvgIpc) is 2.14. The van der Waals surface area contributed by atoms with Gasteiger partial charge >= 0.3 is 5.97 Å². The highest BCUT2D eigenvalue weighted by atomic mass is 32.2. The monoisotopic (exact) mass is 265 g/mol. The summed E-state index contributed by atoms with van der Waals surface area (Å²) in [5, 5.41) is 9.93. The summed E-state index contributed by atoms with van der Waals surface area (Å²) in [5.74, 6) is -2.16. The van der Waals surface area contributed by atoms with E-state index in [1.165, 1.54) is 6.92 Å². The molecule has 0 radical (unpaired) electrons. The van der Waals surface area contributed by atoms with Crippen molar-refractivity contribution in [3.05, 3.63) is 0 Å². The highest BCUT2D eigenvalue weighted by Gasteiger charge is 2.47. The maximum atomic E-state index is 12.0. The Hall–Kier alpha value is -1.11. The lowest BCUT2D eigenvalue weighted by Crippen LogP contribution is -2.51. The Kier molecular flexibility index (Phi) is 4.70. The predicted octanol–water partition coefficient (Wildman–Crippen LogP) is 0.178. The van der Waals surface area contributed by atoms with Gasteiger partial charge in [0.2, 0.25) is 5.91 Å². The fourth-order valence-electron chi connectivity index (χ4n) is 1.11. The molecule has 0 spiro atoms. The maximum absolute atomic E-state index is 12.0. The van der Waals surface area contributed by atoms with Crippen molar-refractivity contribution in [3.8, 4) is 0 Å². The van der Waals surface area contributed by atoms with E-state index in [0.717, 1.165) is 13.8 Å². The van der Waals surface area contributed by atoms with Crippen molar-refractivity contribution in [2.24, 2.45) is 0 Å². The molecule has 0 aliphatic heterocycles. The summed E-state index contributed by atoms with van der Waals surface area (Å²) in [5.41, 5.74) is 0. The molecule has 6 nitrogen and oxygen atoms in total. The van der Waals surface area contributed by atoms with Gasteiger partial charge in [-0.05, 0) is 34.6 Å². The van der Waals surface area contributed by atoms with E-state index in [2.05, 4.69) is 5.32 Å². The molecule has 0 aromatic rings. The van der Waals surface area contributed by atoms with Gasteiger partial charge in [-0.15, -0.1) is 0 Å². The highest BCUT2D eigenvalue weighted by molar-refractivity contribution is 7.94.